The molecule has 0 aromatic rings. The molecule has 0 aliphatic heterocycles. The largest absolute Gasteiger partial charge is 0.480 e. The number of nitrogens with two attached hydrogens (primary N) is 1. The zero-order valence-corrected chi connectivity index (χ0v) is 8.54. The van der Waals surface area contributed by atoms with Gasteiger partial charge in [-0.05, 0) is 11.8 Å². The summed E-state index contributed by atoms with van der Waals surface area (Å²) in [6, 6.07) is -0.971. The van der Waals surface area contributed by atoms with Crippen LogP contribution in [-0.4, -0.2) is 29.6 Å². The molecule has 0 fully saturated rings. The lowest BCUT2D eigenvalue weighted by molar-refractivity contribution is -0.142. The Bertz CT molecular complexity index is 244. The highest BCUT2D eigenvalue weighted by atomic mass is 16.4. The maximum absolute atomic E-state index is 11.0. The Balaban J connectivity index is 4.42. The monoisotopic (exact) mass is 203 g/mol. The second kappa shape index (κ2) is 4.95. The van der Waals surface area contributed by atoms with Crippen LogP contribution in [0.3, 0.4) is 0 Å². The minimum Gasteiger partial charge on any atom is -0.480 e. The lowest BCUT2D eigenvalue weighted by Crippen LogP contribution is -2.45. The summed E-state index contributed by atoms with van der Waals surface area (Å²) in [6.45, 7) is 3.44. The van der Waals surface area contributed by atoms with Gasteiger partial charge in [0.25, 0.3) is 0 Å². The Morgan fingerprint density at radius 3 is 2.57 bits per heavy atom. The number of carboxylic acids is 1. The van der Waals surface area contributed by atoms with Gasteiger partial charge in [-0.15, -0.1) is 0 Å². The molecule has 5 heteroatoms. The first-order valence-corrected chi connectivity index (χ1v) is 4.34. The molecule has 14 heavy (non-hydrogen) atoms. The third-order valence-corrected chi connectivity index (χ3v) is 1.58. The summed E-state index contributed by atoms with van der Waals surface area (Å²) in [7, 11) is 0. The van der Waals surface area contributed by atoms with Gasteiger partial charge in [0, 0.05) is 1.37 Å². The van der Waals surface area contributed by atoms with Crippen LogP contribution >= 0.6 is 0 Å². The van der Waals surface area contributed by atoms with E-state index in [1.165, 1.54) is 0 Å². The van der Waals surface area contributed by atoms with E-state index < -0.39 is 23.3 Å². The van der Waals surface area contributed by atoms with Crippen molar-refractivity contribution in [3.8, 4) is 0 Å². The van der Waals surface area contributed by atoms with Gasteiger partial charge in [0.2, 0.25) is 5.91 Å². The minimum atomic E-state index is -1.10. The maximum Gasteiger partial charge on any atom is 0.326 e. The third-order valence-electron chi connectivity index (χ3n) is 1.58. The number of hydrogen-bond acceptors (Lipinski definition) is 3. The van der Waals surface area contributed by atoms with Crippen molar-refractivity contribution in [2.75, 3.05) is 6.54 Å². The predicted molar refractivity (Wildman–Crippen MR) is 52.7 cm³/mol. The highest BCUT2D eigenvalue weighted by molar-refractivity contribution is 5.84. The standard InChI is InChI=1S/C9H18N2O3/c1-9(2,3)4-6(8(13)14)11-7(12)5-10/h6H,4-5,10H2,1-3H3,(H,11,12)(H,13,14)/t6-/m0/s1/i1D. The quantitative estimate of drug-likeness (QED) is 0.597. The molecule has 0 aliphatic rings. The van der Waals surface area contributed by atoms with Crippen molar-refractivity contribution >= 4 is 11.9 Å². The summed E-state index contributed by atoms with van der Waals surface area (Å²) in [4.78, 5) is 21.8. The second-order valence-corrected chi connectivity index (χ2v) is 4.03. The molecule has 0 aromatic carbocycles. The van der Waals surface area contributed by atoms with E-state index in [4.69, 9.17) is 12.2 Å². The van der Waals surface area contributed by atoms with Crippen LogP contribution in [0.1, 0.15) is 28.5 Å². The number of aliphatic carboxylic acids is 1. The molecular formula is C9H18N2O3. The van der Waals surface area contributed by atoms with Gasteiger partial charge in [0.1, 0.15) is 6.04 Å². The molecule has 0 unspecified atom stereocenters. The van der Waals surface area contributed by atoms with E-state index in [9.17, 15) is 9.59 Å². The first-order chi connectivity index (χ1) is 6.82. The average molecular weight is 203 g/mol. The molecular weight excluding hydrogens is 184 g/mol. The van der Waals surface area contributed by atoms with Crippen molar-refractivity contribution in [2.24, 2.45) is 11.1 Å². The molecule has 1 atom stereocenters. The Morgan fingerprint density at radius 1 is 1.64 bits per heavy atom. The summed E-state index contributed by atoms with van der Waals surface area (Å²) in [5.41, 5.74) is 4.64. The van der Waals surface area contributed by atoms with Crippen LogP contribution < -0.4 is 11.1 Å². The number of nitrogens with one attached hydrogen (secondary N) is 1. The second-order valence-electron chi connectivity index (χ2n) is 4.03. The first-order valence-electron chi connectivity index (χ1n) is 5.04. The zero-order chi connectivity index (χ0) is 12.1. The molecule has 0 bridgehead atoms. The summed E-state index contributed by atoms with van der Waals surface area (Å²) >= 11 is 0. The molecule has 82 valence electrons. The summed E-state index contributed by atoms with van der Waals surface area (Å²) < 4.78 is 7.24. The van der Waals surface area contributed by atoms with Gasteiger partial charge >= 0.3 is 5.97 Å². The third kappa shape index (κ3) is 5.53. The van der Waals surface area contributed by atoms with Gasteiger partial charge in [-0.3, -0.25) is 4.79 Å². The molecule has 4 N–H and O–H groups in total. The normalized spacial score (nSPS) is 14.4. The smallest absolute Gasteiger partial charge is 0.326 e. The van der Waals surface area contributed by atoms with Crippen molar-refractivity contribution in [3.05, 3.63) is 0 Å². The lowest BCUT2D eigenvalue weighted by Gasteiger charge is -2.23. The van der Waals surface area contributed by atoms with Crippen LogP contribution in [0.4, 0.5) is 0 Å². The van der Waals surface area contributed by atoms with Crippen LogP contribution in [0, 0.1) is 5.41 Å². The SMILES string of the molecule is [2H]CC(C)(C)C[C@H](NC(=O)CN)C(=O)O. The van der Waals surface area contributed by atoms with Crippen LogP contribution in [0.25, 0.3) is 0 Å². The molecule has 0 saturated heterocycles. The number of hydrogen-bond donors (Lipinski definition) is 3. The number of carbonyl (C=O) groups is 2. The highest BCUT2D eigenvalue weighted by Gasteiger charge is 2.25. The first kappa shape index (κ1) is 11.0. The summed E-state index contributed by atoms with van der Waals surface area (Å²) in [5, 5.41) is 11.2. The van der Waals surface area contributed by atoms with Gasteiger partial charge in [-0.1, -0.05) is 20.7 Å². The van der Waals surface area contributed by atoms with E-state index in [1.54, 1.807) is 13.8 Å². The molecule has 0 radical (unpaired) electrons. The molecule has 0 aromatic heterocycles. The maximum atomic E-state index is 11.0. The van der Waals surface area contributed by atoms with Crippen LogP contribution in [0.15, 0.2) is 0 Å². The predicted octanol–water partition coefficient (Wildman–Crippen LogP) is -0.0493. The molecule has 0 aliphatic carbocycles. The molecule has 1 amide bonds. The van der Waals surface area contributed by atoms with Crippen molar-refractivity contribution in [1.82, 2.24) is 5.32 Å². The van der Waals surface area contributed by atoms with Gasteiger partial charge in [-0.25, -0.2) is 4.79 Å². The number of amides is 1. The molecule has 0 rings (SSSR count). The van der Waals surface area contributed by atoms with Gasteiger partial charge in [0.05, 0.1) is 6.54 Å². The van der Waals surface area contributed by atoms with E-state index in [-0.39, 0.29) is 19.9 Å². The topological polar surface area (TPSA) is 92.4 Å². The van der Waals surface area contributed by atoms with E-state index in [1.807, 2.05) is 0 Å². The van der Waals surface area contributed by atoms with Crippen LogP contribution in [0.5, 0.6) is 0 Å². The Kier molecular flexibility index (Phi) is 3.88. The van der Waals surface area contributed by atoms with Crippen LogP contribution in [0.2, 0.25) is 0 Å². The number of rotatable bonds is 4. The van der Waals surface area contributed by atoms with E-state index >= 15 is 0 Å². The fourth-order valence-electron chi connectivity index (χ4n) is 1.01. The average Bonchev–Trinajstić information content (AvgIpc) is 2.16. The van der Waals surface area contributed by atoms with Crippen LogP contribution in [-0.2, 0) is 9.59 Å². The van der Waals surface area contributed by atoms with Crippen molar-refractivity contribution in [1.29, 1.82) is 0 Å². The zero-order valence-electron chi connectivity index (χ0n) is 9.54. The Morgan fingerprint density at radius 2 is 2.21 bits per heavy atom. The van der Waals surface area contributed by atoms with Crippen molar-refractivity contribution in [2.45, 2.75) is 33.2 Å². The van der Waals surface area contributed by atoms with Gasteiger partial charge in [0.15, 0.2) is 0 Å². The molecule has 5 nitrogen and oxygen atoms in total. The minimum absolute atomic E-state index is 0.106. The number of carboxylic acid groups (broad SMARTS) is 1. The Labute approximate surface area is 85.1 Å². The highest BCUT2D eigenvalue weighted by Crippen LogP contribution is 2.20. The van der Waals surface area contributed by atoms with Crippen molar-refractivity contribution in [3.63, 3.8) is 0 Å². The van der Waals surface area contributed by atoms with Crippen molar-refractivity contribution < 1.29 is 16.1 Å². The van der Waals surface area contributed by atoms with Gasteiger partial charge in [-0.2, -0.15) is 0 Å². The molecule has 0 saturated carbocycles. The van der Waals surface area contributed by atoms with E-state index in [2.05, 4.69) is 5.32 Å². The molecule has 0 spiro atoms. The lowest BCUT2D eigenvalue weighted by atomic mass is 9.88. The van der Waals surface area contributed by atoms with E-state index in [0.717, 1.165) is 0 Å². The summed E-state index contributed by atoms with van der Waals surface area (Å²) in [5.74, 6) is -1.60. The number of carbonyl (C=O) groups excluding carboxylic acids is 1. The Hall–Kier alpha value is -1.10. The summed E-state index contributed by atoms with van der Waals surface area (Å²) in [6.07, 6.45) is 0.220. The van der Waals surface area contributed by atoms with E-state index in [0.29, 0.717) is 0 Å². The fourth-order valence-corrected chi connectivity index (χ4v) is 1.01. The molecule has 0 heterocycles. The van der Waals surface area contributed by atoms with Gasteiger partial charge < -0.3 is 16.2 Å². The fraction of sp³-hybridized carbons (Fsp3) is 0.778.